The van der Waals surface area contributed by atoms with Crippen LogP contribution >= 0.6 is 0 Å². The maximum atomic E-state index is 15.2. The zero-order chi connectivity index (χ0) is 31.4. The van der Waals surface area contributed by atoms with E-state index in [2.05, 4.69) is 36.5 Å². The summed E-state index contributed by atoms with van der Waals surface area (Å²) < 4.78 is 64.1. The minimum absolute atomic E-state index is 0.139. The fourth-order valence-electron chi connectivity index (χ4n) is 5.06. The Morgan fingerprint density at radius 3 is 2.61 bits per heavy atom. The number of carbonyl (C=O) groups is 1. The number of urea groups is 1. The molecule has 1 fully saturated rings. The second-order valence-electron chi connectivity index (χ2n) is 10.2. The van der Waals surface area contributed by atoms with Crippen LogP contribution in [0.2, 0.25) is 0 Å². The molecule has 0 saturated carbocycles. The van der Waals surface area contributed by atoms with Crippen molar-refractivity contribution in [1.29, 1.82) is 0 Å². The van der Waals surface area contributed by atoms with Gasteiger partial charge in [0.1, 0.15) is 35.5 Å². The molecule has 0 unspecified atom stereocenters. The van der Waals surface area contributed by atoms with Gasteiger partial charge in [0.25, 0.3) is 0 Å². The number of hydrogen-bond donors (Lipinski definition) is 3. The SMILES string of the molecule is C#CCCn1nc(-c2ccc(NC(=O)Nc3ccc(OC4CCN(CC)CC4)c(C(F)(F)F)c3)c(F)c2)c2c(N)ncnc21. The Morgan fingerprint density at radius 2 is 1.93 bits per heavy atom. The van der Waals surface area contributed by atoms with Crippen molar-refractivity contribution in [3.8, 4) is 29.4 Å². The first-order valence-corrected chi connectivity index (χ1v) is 14.0. The van der Waals surface area contributed by atoms with Gasteiger partial charge in [-0.05, 0) is 49.7 Å². The maximum absolute atomic E-state index is 15.2. The molecule has 44 heavy (non-hydrogen) atoms. The van der Waals surface area contributed by atoms with E-state index >= 15 is 4.39 Å². The minimum Gasteiger partial charge on any atom is -0.490 e. The quantitative estimate of drug-likeness (QED) is 0.171. The fourth-order valence-corrected chi connectivity index (χ4v) is 5.06. The number of nitrogens with one attached hydrogen (secondary N) is 2. The van der Waals surface area contributed by atoms with Gasteiger partial charge in [-0.25, -0.2) is 23.8 Å². The number of anilines is 3. The molecule has 4 N–H and O–H groups in total. The van der Waals surface area contributed by atoms with Gasteiger partial charge in [-0.2, -0.15) is 18.3 Å². The first-order chi connectivity index (χ1) is 21.1. The van der Waals surface area contributed by atoms with E-state index in [4.69, 9.17) is 16.9 Å². The molecule has 3 heterocycles. The van der Waals surface area contributed by atoms with Crippen LogP contribution in [-0.4, -0.2) is 56.4 Å². The van der Waals surface area contributed by atoms with E-state index in [0.29, 0.717) is 48.1 Å². The molecule has 0 spiro atoms. The van der Waals surface area contributed by atoms with E-state index in [9.17, 15) is 18.0 Å². The van der Waals surface area contributed by atoms with Crippen LogP contribution in [0.4, 0.5) is 39.5 Å². The van der Waals surface area contributed by atoms with Crippen molar-refractivity contribution in [3.05, 3.63) is 54.1 Å². The second kappa shape index (κ2) is 12.8. The molecule has 1 saturated heterocycles. The van der Waals surface area contributed by atoms with Gasteiger partial charge in [0.2, 0.25) is 0 Å². The van der Waals surface area contributed by atoms with Crippen LogP contribution in [0, 0.1) is 18.2 Å². The average molecular weight is 611 g/mol. The van der Waals surface area contributed by atoms with Crippen LogP contribution in [0.15, 0.2) is 42.7 Å². The third-order valence-corrected chi connectivity index (χ3v) is 7.34. The summed E-state index contributed by atoms with van der Waals surface area (Å²) in [6.07, 6.45) is 3.21. The number of piperidine rings is 1. The summed E-state index contributed by atoms with van der Waals surface area (Å²) in [7, 11) is 0. The Balaban J connectivity index is 1.31. The molecule has 1 aliphatic heterocycles. The van der Waals surface area contributed by atoms with Crippen LogP contribution in [-0.2, 0) is 12.7 Å². The summed E-state index contributed by atoms with van der Waals surface area (Å²) in [5.74, 6) is 1.56. The van der Waals surface area contributed by atoms with E-state index < -0.39 is 23.6 Å². The lowest BCUT2D eigenvalue weighted by Crippen LogP contribution is -2.38. The summed E-state index contributed by atoms with van der Waals surface area (Å²) in [6.45, 7) is 4.75. The Kier molecular flexibility index (Phi) is 8.86. The first-order valence-electron chi connectivity index (χ1n) is 14.0. The van der Waals surface area contributed by atoms with Gasteiger partial charge >= 0.3 is 12.2 Å². The number of rotatable bonds is 8. The molecule has 10 nitrogen and oxygen atoms in total. The number of alkyl halides is 3. The fraction of sp³-hybridized carbons (Fsp3) is 0.333. The number of amides is 2. The number of halogens is 4. The van der Waals surface area contributed by atoms with Gasteiger partial charge in [0.05, 0.1) is 23.2 Å². The monoisotopic (exact) mass is 610 g/mol. The van der Waals surface area contributed by atoms with Crippen molar-refractivity contribution in [1.82, 2.24) is 24.6 Å². The van der Waals surface area contributed by atoms with Gasteiger partial charge in [0.15, 0.2) is 5.65 Å². The number of ether oxygens (including phenoxy) is 1. The lowest BCUT2D eigenvalue weighted by Gasteiger charge is -2.31. The molecule has 2 amide bonds. The number of aromatic nitrogens is 4. The molecule has 0 bridgehead atoms. The third kappa shape index (κ3) is 6.68. The largest absolute Gasteiger partial charge is 0.490 e. The van der Waals surface area contributed by atoms with E-state index in [1.165, 1.54) is 30.6 Å². The molecular weight excluding hydrogens is 580 g/mol. The Bertz CT molecular complexity index is 1710. The number of fused-ring (bicyclic) bond motifs is 1. The average Bonchev–Trinajstić information content (AvgIpc) is 3.37. The van der Waals surface area contributed by atoms with Crippen molar-refractivity contribution in [2.24, 2.45) is 0 Å². The number of benzene rings is 2. The lowest BCUT2D eigenvalue weighted by atomic mass is 10.1. The van der Waals surface area contributed by atoms with Crippen molar-refractivity contribution < 1.29 is 27.1 Å². The number of hydrogen-bond acceptors (Lipinski definition) is 7. The van der Waals surface area contributed by atoms with Gasteiger partial charge in [0, 0.05) is 30.8 Å². The van der Waals surface area contributed by atoms with E-state index in [-0.39, 0.29) is 29.0 Å². The van der Waals surface area contributed by atoms with Gasteiger partial charge < -0.3 is 26.0 Å². The van der Waals surface area contributed by atoms with Crippen LogP contribution < -0.4 is 21.1 Å². The highest BCUT2D eigenvalue weighted by Crippen LogP contribution is 2.39. The Labute approximate surface area is 250 Å². The molecule has 5 rings (SSSR count). The number of nitrogens with zero attached hydrogens (tertiary/aromatic N) is 5. The predicted octanol–water partition coefficient (Wildman–Crippen LogP) is 5.76. The molecule has 2 aromatic carbocycles. The summed E-state index contributed by atoms with van der Waals surface area (Å²) in [5.41, 5.74) is 5.80. The van der Waals surface area contributed by atoms with E-state index in [1.54, 1.807) is 4.68 Å². The molecule has 1 aliphatic rings. The molecule has 0 radical (unpaired) electrons. The van der Waals surface area contributed by atoms with Gasteiger partial charge in [-0.3, -0.25) is 0 Å². The second-order valence-corrected chi connectivity index (χ2v) is 10.2. The summed E-state index contributed by atoms with van der Waals surface area (Å²) >= 11 is 0. The molecule has 4 aromatic rings. The first kappa shape index (κ1) is 30.6. The van der Waals surface area contributed by atoms with E-state index in [1.807, 2.05) is 6.92 Å². The zero-order valence-electron chi connectivity index (χ0n) is 23.8. The number of carbonyl (C=O) groups excluding carboxylic acids is 1. The number of nitrogens with two attached hydrogens (primary N) is 1. The number of aryl methyl sites for hydroxylation is 1. The molecule has 0 aliphatic carbocycles. The van der Waals surface area contributed by atoms with Crippen molar-refractivity contribution in [2.45, 2.75) is 45.0 Å². The molecule has 0 atom stereocenters. The molecule has 230 valence electrons. The summed E-state index contributed by atoms with van der Waals surface area (Å²) in [5, 5.41) is 9.57. The third-order valence-electron chi connectivity index (χ3n) is 7.34. The van der Waals surface area contributed by atoms with Crippen molar-refractivity contribution in [3.63, 3.8) is 0 Å². The zero-order valence-corrected chi connectivity index (χ0v) is 23.8. The van der Waals surface area contributed by atoms with Crippen LogP contribution in [0.25, 0.3) is 22.3 Å². The molecule has 14 heteroatoms. The summed E-state index contributed by atoms with van der Waals surface area (Å²) in [6, 6.07) is 6.31. The van der Waals surface area contributed by atoms with Crippen LogP contribution in [0.3, 0.4) is 0 Å². The summed E-state index contributed by atoms with van der Waals surface area (Å²) in [4.78, 5) is 23.1. The smallest absolute Gasteiger partial charge is 0.420 e. The normalized spacial score (nSPS) is 14.4. The van der Waals surface area contributed by atoms with Crippen molar-refractivity contribution >= 4 is 34.3 Å². The lowest BCUT2D eigenvalue weighted by molar-refractivity contribution is -0.139. The predicted molar refractivity (Wildman–Crippen MR) is 158 cm³/mol. The number of likely N-dealkylation sites (tertiary alicyclic amines) is 1. The highest BCUT2D eigenvalue weighted by Gasteiger charge is 2.36. The number of nitrogen functional groups attached to an aromatic ring is 1. The number of terminal acetylenes is 1. The Hall–Kier alpha value is -4.90. The van der Waals surface area contributed by atoms with Gasteiger partial charge in [-0.15, -0.1) is 12.3 Å². The maximum Gasteiger partial charge on any atom is 0.420 e. The van der Waals surface area contributed by atoms with Crippen LogP contribution in [0.1, 0.15) is 31.7 Å². The standard InChI is InChI=1S/C30H30F4N8O2/c1-3-5-12-42-28-25(27(35)36-17-37-28)26(40-42)18-6-8-23(22(31)15-18)39-29(43)38-19-7-9-24(21(16-19)30(32,33)34)44-20-10-13-41(4-2)14-11-20/h1,6-9,15-17,20H,4-5,10-14H2,2H3,(H2,35,36,37)(H2,38,39,43). The highest BCUT2D eigenvalue weighted by molar-refractivity contribution is 6.01. The minimum atomic E-state index is -4.72. The topological polar surface area (TPSA) is 123 Å². The Morgan fingerprint density at radius 1 is 1.16 bits per heavy atom. The van der Waals surface area contributed by atoms with E-state index in [0.717, 1.165) is 31.8 Å². The van der Waals surface area contributed by atoms with Crippen molar-refractivity contribution in [2.75, 3.05) is 36.0 Å². The van der Waals surface area contributed by atoms with Crippen LogP contribution in [0.5, 0.6) is 5.75 Å². The van der Waals surface area contributed by atoms with Gasteiger partial charge in [-0.1, -0.05) is 13.0 Å². The molecule has 2 aromatic heterocycles. The highest BCUT2D eigenvalue weighted by atomic mass is 19.4. The molecular formula is C30H30F4N8O2.